The van der Waals surface area contributed by atoms with Gasteiger partial charge in [-0.3, -0.25) is 0 Å². The Labute approximate surface area is 104 Å². The molecule has 1 N–H and O–H groups in total. The van der Waals surface area contributed by atoms with Crippen molar-refractivity contribution in [1.82, 2.24) is 4.98 Å². The van der Waals surface area contributed by atoms with E-state index >= 15 is 0 Å². The summed E-state index contributed by atoms with van der Waals surface area (Å²) in [4.78, 5) is 6.42. The molecule has 0 spiro atoms. The van der Waals surface area contributed by atoms with Crippen molar-refractivity contribution in [2.24, 2.45) is 0 Å². The normalized spacial score (nSPS) is 10.6. The summed E-state index contributed by atoms with van der Waals surface area (Å²) >= 11 is 0. The minimum Gasteiger partial charge on any atom is -0.377 e. The number of rotatable bonds is 7. The van der Waals surface area contributed by atoms with Crippen molar-refractivity contribution in [2.75, 3.05) is 37.0 Å². The molecule has 1 rings (SSSR count). The van der Waals surface area contributed by atoms with Crippen molar-refractivity contribution in [3.63, 3.8) is 0 Å². The highest BCUT2D eigenvalue weighted by atomic mass is 16.5. The molecule has 0 atom stereocenters. The predicted molar refractivity (Wildman–Crippen MR) is 72.8 cm³/mol. The van der Waals surface area contributed by atoms with Gasteiger partial charge >= 0.3 is 0 Å². The Morgan fingerprint density at radius 3 is 2.88 bits per heavy atom. The Kier molecular flexibility index (Phi) is 5.77. The number of hydrogen-bond donors (Lipinski definition) is 1. The van der Waals surface area contributed by atoms with Gasteiger partial charge in [-0.15, -0.1) is 0 Å². The third-order valence-electron chi connectivity index (χ3n) is 2.42. The zero-order valence-corrected chi connectivity index (χ0v) is 11.2. The minimum atomic E-state index is 0.290. The number of likely N-dealkylation sites (N-methyl/N-ethyl adjacent to an activating group) is 1. The first-order valence-electron chi connectivity index (χ1n) is 6.16. The van der Waals surface area contributed by atoms with Gasteiger partial charge in [-0.1, -0.05) is 0 Å². The fourth-order valence-corrected chi connectivity index (χ4v) is 1.49. The molecule has 1 aromatic heterocycles. The second-order valence-corrected chi connectivity index (χ2v) is 4.27. The summed E-state index contributed by atoms with van der Waals surface area (Å²) in [5, 5.41) is 3.21. The van der Waals surface area contributed by atoms with Crippen LogP contribution >= 0.6 is 0 Å². The summed E-state index contributed by atoms with van der Waals surface area (Å²) in [7, 11) is 2.06. The zero-order valence-electron chi connectivity index (χ0n) is 11.2. The molecule has 0 saturated heterocycles. The summed E-state index contributed by atoms with van der Waals surface area (Å²) in [6.07, 6.45) is 2.12. The Morgan fingerprint density at radius 2 is 2.24 bits per heavy atom. The molecule has 0 aliphatic carbocycles. The van der Waals surface area contributed by atoms with Crippen LogP contribution in [0.1, 0.15) is 20.8 Å². The number of anilines is 2. The lowest BCUT2D eigenvalue weighted by atomic mass is 10.3. The second kappa shape index (κ2) is 7.12. The molecule has 0 bridgehead atoms. The molecule has 17 heavy (non-hydrogen) atoms. The summed E-state index contributed by atoms with van der Waals surface area (Å²) in [6, 6.07) is 4.06. The van der Waals surface area contributed by atoms with E-state index in [0.717, 1.165) is 31.2 Å². The van der Waals surface area contributed by atoms with Crippen LogP contribution < -0.4 is 10.2 Å². The number of hydrogen-bond acceptors (Lipinski definition) is 4. The average molecular weight is 237 g/mol. The molecule has 1 heterocycles. The predicted octanol–water partition coefficient (Wildman–Crippen LogP) is 2.37. The minimum absolute atomic E-state index is 0.290. The van der Waals surface area contributed by atoms with Crippen LogP contribution in [0.15, 0.2) is 18.3 Å². The SMILES string of the molecule is CCNc1cc(N(C)CCOC(C)C)ccn1. The van der Waals surface area contributed by atoms with Gasteiger partial charge in [-0.2, -0.15) is 0 Å². The van der Waals surface area contributed by atoms with E-state index in [1.165, 1.54) is 0 Å². The van der Waals surface area contributed by atoms with Crippen molar-refractivity contribution in [2.45, 2.75) is 26.9 Å². The molecule has 0 aliphatic heterocycles. The van der Waals surface area contributed by atoms with Gasteiger partial charge in [-0.05, 0) is 26.8 Å². The lowest BCUT2D eigenvalue weighted by Crippen LogP contribution is -2.24. The lowest BCUT2D eigenvalue weighted by molar-refractivity contribution is 0.0846. The summed E-state index contributed by atoms with van der Waals surface area (Å²) in [5.41, 5.74) is 1.16. The molecular weight excluding hydrogens is 214 g/mol. The van der Waals surface area contributed by atoms with Crippen molar-refractivity contribution in [3.8, 4) is 0 Å². The summed E-state index contributed by atoms with van der Waals surface area (Å²) < 4.78 is 5.54. The number of nitrogens with one attached hydrogen (secondary N) is 1. The molecule has 4 nitrogen and oxygen atoms in total. The van der Waals surface area contributed by atoms with Crippen LogP contribution in [0.4, 0.5) is 11.5 Å². The Hall–Kier alpha value is -1.29. The van der Waals surface area contributed by atoms with Crippen LogP contribution in [-0.4, -0.2) is 37.8 Å². The lowest BCUT2D eigenvalue weighted by Gasteiger charge is -2.20. The second-order valence-electron chi connectivity index (χ2n) is 4.27. The first-order chi connectivity index (χ1) is 8.13. The molecule has 0 saturated carbocycles. The van der Waals surface area contributed by atoms with E-state index in [1.807, 2.05) is 12.3 Å². The quantitative estimate of drug-likeness (QED) is 0.790. The number of aromatic nitrogens is 1. The van der Waals surface area contributed by atoms with E-state index in [2.05, 4.69) is 49.1 Å². The molecule has 4 heteroatoms. The largest absolute Gasteiger partial charge is 0.377 e. The first kappa shape index (κ1) is 13.8. The van der Waals surface area contributed by atoms with Crippen LogP contribution in [0.3, 0.4) is 0 Å². The van der Waals surface area contributed by atoms with E-state index in [9.17, 15) is 0 Å². The van der Waals surface area contributed by atoms with Crippen LogP contribution in [0, 0.1) is 0 Å². The van der Waals surface area contributed by atoms with Crippen molar-refractivity contribution < 1.29 is 4.74 Å². The van der Waals surface area contributed by atoms with Gasteiger partial charge in [0, 0.05) is 38.1 Å². The van der Waals surface area contributed by atoms with Gasteiger partial charge in [0.2, 0.25) is 0 Å². The monoisotopic (exact) mass is 237 g/mol. The topological polar surface area (TPSA) is 37.4 Å². The standard InChI is InChI=1S/C13H23N3O/c1-5-14-13-10-12(6-7-15-13)16(4)8-9-17-11(2)3/h6-7,10-11H,5,8-9H2,1-4H3,(H,14,15). The van der Waals surface area contributed by atoms with E-state index in [4.69, 9.17) is 4.74 Å². The van der Waals surface area contributed by atoms with E-state index < -0.39 is 0 Å². The third-order valence-corrected chi connectivity index (χ3v) is 2.42. The first-order valence-corrected chi connectivity index (χ1v) is 6.16. The fraction of sp³-hybridized carbons (Fsp3) is 0.615. The summed E-state index contributed by atoms with van der Waals surface area (Å²) in [6.45, 7) is 8.68. The average Bonchev–Trinajstić information content (AvgIpc) is 2.29. The highest BCUT2D eigenvalue weighted by Crippen LogP contribution is 2.15. The summed E-state index contributed by atoms with van der Waals surface area (Å²) in [5.74, 6) is 0.918. The van der Waals surface area contributed by atoms with Crippen LogP contribution in [0.2, 0.25) is 0 Å². The Balaban J connectivity index is 2.50. The molecule has 0 radical (unpaired) electrons. The third kappa shape index (κ3) is 5.04. The van der Waals surface area contributed by atoms with Gasteiger partial charge in [0.15, 0.2) is 0 Å². The van der Waals surface area contributed by atoms with Crippen molar-refractivity contribution >= 4 is 11.5 Å². The molecule has 0 amide bonds. The number of ether oxygens (including phenoxy) is 1. The number of pyridine rings is 1. The maximum Gasteiger partial charge on any atom is 0.127 e. The molecule has 0 fully saturated rings. The maximum atomic E-state index is 5.54. The highest BCUT2D eigenvalue weighted by molar-refractivity contribution is 5.53. The smallest absolute Gasteiger partial charge is 0.127 e. The molecule has 0 aliphatic rings. The van der Waals surface area contributed by atoms with Gasteiger partial charge in [-0.25, -0.2) is 4.98 Å². The van der Waals surface area contributed by atoms with Crippen molar-refractivity contribution in [3.05, 3.63) is 18.3 Å². The van der Waals surface area contributed by atoms with E-state index in [1.54, 1.807) is 0 Å². The van der Waals surface area contributed by atoms with E-state index in [0.29, 0.717) is 0 Å². The Morgan fingerprint density at radius 1 is 1.47 bits per heavy atom. The Bertz CT molecular complexity index is 328. The fourth-order valence-electron chi connectivity index (χ4n) is 1.49. The van der Waals surface area contributed by atoms with Gasteiger partial charge < -0.3 is 15.0 Å². The molecular formula is C13H23N3O. The molecule has 0 unspecified atom stereocenters. The molecule has 96 valence electrons. The van der Waals surface area contributed by atoms with Gasteiger partial charge in [0.25, 0.3) is 0 Å². The van der Waals surface area contributed by atoms with Crippen LogP contribution in [0.25, 0.3) is 0 Å². The van der Waals surface area contributed by atoms with Gasteiger partial charge in [0.05, 0.1) is 12.7 Å². The van der Waals surface area contributed by atoms with Crippen molar-refractivity contribution in [1.29, 1.82) is 0 Å². The van der Waals surface area contributed by atoms with E-state index in [-0.39, 0.29) is 6.10 Å². The highest BCUT2D eigenvalue weighted by Gasteiger charge is 2.03. The van der Waals surface area contributed by atoms with Crippen LogP contribution in [-0.2, 0) is 4.74 Å². The maximum absolute atomic E-state index is 5.54. The van der Waals surface area contributed by atoms with Crippen LogP contribution in [0.5, 0.6) is 0 Å². The molecule has 1 aromatic rings. The van der Waals surface area contributed by atoms with Gasteiger partial charge in [0.1, 0.15) is 5.82 Å². The number of nitrogens with zero attached hydrogens (tertiary/aromatic N) is 2. The zero-order chi connectivity index (χ0) is 12.7. The molecule has 0 aromatic carbocycles.